The fourth-order valence-corrected chi connectivity index (χ4v) is 3.44. The van der Waals surface area contributed by atoms with Gasteiger partial charge in [-0.2, -0.15) is 0 Å². The summed E-state index contributed by atoms with van der Waals surface area (Å²) < 4.78 is 15.2. The average molecular weight is 3410 g/mol. The first kappa shape index (κ1) is 118. The third-order valence-corrected chi connectivity index (χ3v) is 6.50. The van der Waals surface area contributed by atoms with Crippen molar-refractivity contribution in [1.29, 1.82) is 0 Å². The Bertz CT molecular complexity index is 336. The van der Waals surface area contributed by atoms with Crippen molar-refractivity contribution in [3.63, 3.8) is 0 Å². The Kier molecular flexibility index (Phi) is 192. The molecule has 0 atom stereocenters. The van der Waals surface area contributed by atoms with Gasteiger partial charge in [0.2, 0.25) is 0 Å². The maximum Gasteiger partial charge on any atom is 0.569 e. The van der Waals surface area contributed by atoms with Gasteiger partial charge in [0.1, 0.15) is 0 Å². The standard InChI is InChI=1S/H5O7Si3.2H4O5Si2.3H3O3Si.H2O.10Rf/c1-8(2)6-10(5)7-9(3)4;2*1-6(2)5-7(3)4;3*1-4(2)3;;;;;;;;;;;/h1-5H;2*1-4H;3*1-3H;1H2;;;;;;;;;;. The summed E-state index contributed by atoms with van der Waals surface area (Å²) in [6.07, 6.45) is 0. The molecule has 0 rings (SSSR count). The smallest absolute Gasteiger partial charge is 0.412 e. The zero-order valence-electron chi connectivity index (χ0n) is 24.0. The van der Waals surface area contributed by atoms with E-state index in [1.807, 2.05) is 0 Å². The van der Waals surface area contributed by atoms with Gasteiger partial charge < -0.3 is 127 Å². The van der Waals surface area contributed by atoms with E-state index in [0.717, 1.165) is 0 Å². The maximum atomic E-state index is 8.46. The van der Waals surface area contributed by atoms with Crippen molar-refractivity contribution in [2.45, 2.75) is 0 Å². The van der Waals surface area contributed by atoms with E-state index in [1.54, 1.807) is 0 Å². The molecule has 27 nitrogen and oxygen atoms in total. The van der Waals surface area contributed by atoms with Crippen LogP contribution in [0.15, 0.2) is 0 Å². The molecule has 0 amide bonds. The van der Waals surface area contributed by atoms with Gasteiger partial charge in [-0.3, -0.25) is 0 Å². The first-order valence-corrected chi connectivity index (χ1v) is 19.7. The zero-order chi connectivity index (χ0) is 30.6. The van der Waals surface area contributed by atoms with Crippen LogP contribution in [0.25, 0.3) is 0 Å². The van der Waals surface area contributed by atoms with E-state index in [0.29, 0.717) is 0 Å². The summed E-state index contributed by atoms with van der Waals surface area (Å²) >= 11 is 0. The molecule has 246 valence electrons. The summed E-state index contributed by atoms with van der Waals surface area (Å²) in [4.78, 5) is 169. The molecule has 0 aromatic rings. The van der Waals surface area contributed by atoms with Gasteiger partial charge in [-0.15, -0.1) is 0 Å². The minimum atomic E-state index is -3.01. The van der Waals surface area contributed by atoms with Gasteiger partial charge in [-0.1, -0.05) is 0 Å². The van der Waals surface area contributed by atoms with Crippen molar-refractivity contribution >= 4 is 95.3 Å². The molecule has 0 fully saturated rings. The fourth-order valence-electron chi connectivity index (χ4n) is 0.340. The summed E-state index contributed by atoms with van der Waals surface area (Å²) in [7, 11) is -29.1. The van der Waals surface area contributed by atoms with E-state index in [9.17, 15) is 0 Å². The second-order valence-electron chi connectivity index (χ2n) is 3.27. The molecule has 0 heterocycles. The van der Waals surface area contributed by atoms with Crippen LogP contribution >= 0.6 is 0 Å². The topological polar surface area (TPSA) is 513 Å². The summed E-state index contributed by atoms with van der Waals surface area (Å²) in [5.41, 5.74) is 0. The molecule has 0 unspecified atom stereocenters. The Morgan fingerprint density at radius 3 is 0.340 bits per heavy atom. The van der Waals surface area contributed by atoms with Crippen LogP contribution < -0.4 is 0 Å². The van der Waals surface area contributed by atoms with Crippen molar-refractivity contribution in [3.8, 4) is 0 Å². The normalized spacial score (nSPS) is 8.17. The Hall–Kier alpha value is -8.91. The number of hydrogen-bond acceptors (Lipinski definition) is 26. The van der Waals surface area contributed by atoms with Crippen LogP contribution in [0.1, 0.15) is 0 Å². The van der Waals surface area contributed by atoms with Crippen LogP contribution in [0, 0.1) is 0 Å². The Morgan fingerprint density at radius 1 is 0.213 bits per heavy atom. The van der Waals surface area contributed by atoms with Crippen LogP contribution in [0.4, 0.5) is 0 Å². The van der Waals surface area contributed by atoms with Crippen molar-refractivity contribution in [3.05, 3.63) is 0 Å². The van der Waals surface area contributed by atoms with Gasteiger partial charge in [0.05, 0.1) is 0 Å². The van der Waals surface area contributed by atoms with Crippen LogP contribution in [0.3, 0.4) is 0 Å². The minimum Gasteiger partial charge on any atom is -0.412 e. The number of rotatable bonds is 8. The molecule has 0 aliphatic heterocycles. The molecule has 24 N–H and O–H groups in total. The summed E-state index contributed by atoms with van der Waals surface area (Å²) in [6.45, 7) is 0. The minimum absolute atomic E-state index is 0. The molecular formula is H24O27Rf10Si10. The molecule has 0 aliphatic carbocycles. The summed E-state index contributed by atoms with van der Waals surface area (Å²) in [6, 6.07) is 0. The van der Waals surface area contributed by atoms with Crippen LogP contribution in [0.5, 0.6) is 0 Å². The molecule has 47 heavy (non-hydrogen) atoms. The van der Waals surface area contributed by atoms with Gasteiger partial charge in [-0.05, 0) is 0 Å². The van der Waals surface area contributed by atoms with E-state index in [-0.39, 0.29) is 5.48 Å². The van der Waals surface area contributed by atoms with Crippen molar-refractivity contribution in [2.24, 2.45) is 0 Å². The monoisotopic (exact) mass is 3410 g/mol. The number of hydrogen-bond donors (Lipinski definition) is 22. The summed E-state index contributed by atoms with van der Waals surface area (Å²) in [5.74, 6) is 0. The van der Waals surface area contributed by atoms with Crippen molar-refractivity contribution in [2.75, 3.05) is 0 Å². The van der Waals surface area contributed by atoms with Gasteiger partial charge >= 0.3 is 95.3 Å². The molecule has 0 spiro atoms. The summed E-state index contributed by atoms with van der Waals surface area (Å²) in [5, 5.41) is 0. The first-order valence-electron chi connectivity index (χ1n) is 6.55. The molecule has 0 aromatic carbocycles. The van der Waals surface area contributed by atoms with E-state index in [1.165, 1.54) is 0 Å². The predicted octanol–water partition coefficient (Wildman–Crippen LogP) is -17.2. The van der Waals surface area contributed by atoms with E-state index >= 15 is 0 Å². The Balaban J connectivity index is -0.0000000151. The van der Waals surface area contributed by atoms with Crippen LogP contribution in [-0.2, 0) is 16.5 Å². The molecule has 0 aromatic heterocycles. The van der Waals surface area contributed by atoms with Crippen molar-refractivity contribution in [1.82, 2.24) is 0 Å². The Morgan fingerprint density at radius 2 is 0.298 bits per heavy atom. The largest absolute Gasteiger partial charge is 0.569 e. The Labute approximate surface area is 222 Å². The van der Waals surface area contributed by atoms with Crippen LogP contribution in [-0.4, -0.2) is 206 Å². The zero-order valence-corrected chi connectivity index (χ0v) is 98.0. The van der Waals surface area contributed by atoms with Gasteiger partial charge in [-0.25, -0.2) is 0 Å². The molecule has 0 bridgehead atoms. The van der Waals surface area contributed by atoms with Crippen molar-refractivity contribution < 1.29 is 127 Å². The molecule has 47 heteroatoms. The van der Waals surface area contributed by atoms with E-state index in [2.05, 4.69) is 16.5 Å². The SMILES string of the molecule is O.O[Si](O)O.O[Si](O)O.O[Si](O)O.O[Si](O)O[Si](O)O.O[Si](O)O[Si](O)O.O[Si](O)O[Si](O)O[Si](O)O.[Rf].[Rf].[Rf].[Rf].[Rf].[Rf].[Rf].[Rf].[Rf].[Rf]. The van der Waals surface area contributed by atoms with Gasteiger partial charge in [0.15, 0.2) is 0 Å². The van der Waals surface area contributed by atoms with E-state index in [4.69, 9.17) is 106 Å². The van der Waals surface area contributed by atoms with Gasteiger partial charge in [0.25, 0.3) is 0 Å². The predicted molar refractivity (Wildman–Crippen MR) is 114 cm³/mol. The molecule has 0 aliphatic rings. The second kappa shape index (κ2) is 76.7. The van der Waals surface area contributed by atoms with Gasteiger partial charge in [0, 0.05) is 0 Å². The first-order chi connectivity index (χ1) is 16.0. The average Bonchev–Trinajstić information content (AvgIpc) is 2.49. The fraction of sp³-hybridized carbons (Fsp3) is 0. The molecular weight excluding hydrogens is 3380 g/mol. The molecule has 10 radical (unpaired) electrons. The third kappa shape index (κ3) is 909. The molecule has 0 saturated heterocycles. The third-order valence-electron chi connectivity index (χ3n) is 0.722. The second-order valence-corrected chi connectivity index (χ2v) is 12.3. The quantitative estimate of drug-likeness (QED) is 0.100. The maximum absolute atomic E-state index is 8.46. The van der Waals surface area contributed by atoms with Crippen LogP contribution in [0.2, 0.25) is 0 Å². The molecule has 0 saturated carbocycles. The van der Waals surface area contributed by atoms with E-state index < -0.39 is 95.3 Å².